The first-order valence-electron chi connectivity index (χ1n) is 7.11. The third-order valence-corrected chi connectivity index (χ3v) is 4.62. The molecule has 0 saturated carbocycles. The minimum Gasteiger partial charge on any atom is -0.350 e. The van der Waals surface area contributed by atoms with Crippen LogP contribution in [0.4, 0.5) is 0 Å². The molecule has 2 aromatic rings. The number of amides is 1. The monoisotopic (exact) mass is 337 g/mol. The highest BCUT2D eigenvalue weighted by Crippen LogP contribution is 2.24. The molecule has 0 aliphatic carbocycles. The topological polar surface area (TPSA) is 68.0 Å². The van der Waals surface area contributed by atoms with Crippen LogP contribution in [-0.2, 0) is 11.8 Å². The normalized spacial score (nSPS) is 11.5. The fourth-order valence-corrected chi connectivity index (χ4v) is 2.97. The molecule has 0 atom stereocenters. The van der Waals surface area contributed by atoms with E-state index in [-0.39, 0.29) is 11.3 Å². The predicted molar refractivity (Wildman–Crippen MR) is 91.7 cm³/mol. The van der Waals surface area contributed by atoms with Gasteiger partial charge in [-0.15, -0.1) is 11.3 Å². The van der Waals surface area contributed by atoms with E-state index in [1.165, 1.54) is 11.3 Å². The van der Waals surface area contributed by atoms with Crippen molar-refractivity contribution in [2.45, 2.75) is 25.7 Å². The van der Waals surface area contributed by atoms with Crippen molar-refractivity contribution < 1.29 is 4.79 Å². The van der Waals surface area contributed by atoms with Crippen LogP contribution in [0.2, 0.25) is 5.02 Å². The van der Waals surface area contributed by atoms with Gasteiger partial charge in [0.05, 0.1) is 5.01 Å². The van der Waals surface area contributed by atoms with Gasteiger partial charge < -0.3 is 11.1 Å². The maximum Gasteiger partial charge on any atom is 0.270 e. The fourth-order valence-electron chi connectivity index (χ4n) is 2.05. The van der Waals surface area contributed by atoms with Gasteiger partial charge in [0, 0.05) is 28.8 Å². The van der Waals surface area contributed by atoms with Crippen LogP contribution >= 0.6 is 22.9 Å². The summed E-state index contributed by atoms with van der Waals surface area (Å²) in [5.41, 5.74) is 6.89. The van der Waals surface area contributed by atoms with E-state index in [1.807, 2.05) is 24.3 Å². The Balaban J connectivity index is 1.98. The molecule has 2 rings (SSSR count). The zero-order valence-electron chi connectivity index (χ0n) is 12.7. The molecular formula is C16H20ClN3OS. The Bertz CT molecular complexity index is 637. The van der Waals surface area contributed by atoms with Crippen LogP contribution in [0.5, 0.6) is 0 Å². The lowest BCUT2D eigenvalue weighted by molar-refractivity contribution is 0.0941. The Hall–Kier alpha value is -1.43. The Morgan fingerprint density at radius 2 is 2.05 bits per heavy atom. The summed E-state index contributed by atoms with van der Waals surface area (Å²) in [6.45, 7) is 5.23. The SMILES string of the molecule is CC(C)(CNC(=O)c1csc(CCN)n1)c1ccc(Cl)cc1. The first-order valence-corrected chi connectivity index (χ1v) is 8.37. The van der Waals surface area contributed by atoms with Crippen molar-refractivity contribution in [3.05, 3.63) is 50.9 Å². The molecule has 22 heavy (non-hydrogen) atoms. The number of carbonyl (C=O) groups is 1. The highest BCUT2D eigenvalue weighted by Gasteiger charge is 2.22. The van der Waals surface area contributed by atoms with Gasteiger partial charge in [0.2, 0.25) is 0 Å². The van der Waals surface area contributed by atoms with Crippen LogP contribution in [0.3, 0.4) is 0 Å². The largest absolute Gasteiger partial charge is 0.350 e. The van der Waals surface area contributed by atoms with Crippen LogP contribution in [0.25, 0.3) is 0 Å². The molecule has 0 spiro atoms. The molecule has 0 unspecified atom stereocenters. The molecule has 0 aliphatic rings. The lowest BCUT2D eigenvalue weighted by atomic mass is 9.84. The Morgan fingerprint density at radius 3 is 2.68 bits per heavy atom. The second-order valence-corrected chi connectivity index (χ2v) is 7.12. The molecule has 1 amide bonds. The smallest absolute Gasteiger partial charge is 0.270 e. The average molecular weight is 338 g/mol. The third-order valence-electron chi connectivity index (χ3n) is 3.46. The molecule has 3 N–H and O–H groups in total. The predicted octanol–water partition coefficient (Wildman–Crippen LogP) is 3.01. The average Bonchev–Trinajstić information content (AvgIpc) is 2.94. The van der Waals surface area contributed by atoms with Gasteiger partial charge in [-0.3, -0.25) is 4.79 Å². The maximum absolute atomic E-state index is 12.2. The van der Waals surface area contributed by atoms with Crippen LogP contribution in [0.1, 0.15) is 34.9 Å². The number of aromatic nitrogens is 1. The lowest BCUT2D eigenvalue weighted by Gasteiger charge is -2.25. The van der Waals surface area contributed by atoms with Crippen LogP contribution in [0.15, 0.2) is 29.6 Å². The summed E-state index contributed by atoms with van der Waals surface area (Å²) < 4.78 is 0. The molecule has 0 saturated heterocycles. The highest BCUT2D eigenvalue weighted by molar-refractivity contribution is 7.09. The molecule has 1 aromatic heterocycles. The number of nitrogens with two attached hydrogens (primary N) is 1. The molecule has 0 aliphatic heterocycles. The number of thiazole rings is 1. The molecule has 0 bridgehead atoms. The summed E-state index contributed by atoms with van der Waals surface area (Å²) in [5, 5.41) is 6.32. The second-order valence-electron chi connectivity index (χ2n) is 5.74. The van der Waals surface area contributed by atoms with Crippen molar-refractivity contribution in [2.75, 3.05) is 13.1 Å². The van der Waals surface area contributed by atoms with Crippen LogP contribution in [0, 0.1) is 0 Å². The summed E-state index contributed by atoms with van der Waals surface area (Å²) in [4.78, 5) is 16.5. The van der Waals surface area contributed by atoms with Crippen molar-refractivity contribution in [3.8, 4) is 0 Å². The zero-order chi connectivity index (χ0) is 16.2. The van der Waals surface area contributed by atoms with Gasteiger partial charge in [-0.2, -0.15) is 0 Å². The number of halogens is 1. The number of benzene rings is 1. The van der Waals surface area contributed by atoms with Crippen molar-refractivity contribution in [2.24, 2.45) is 5.73 Å². The number of carbonyl (C=O) groups excluding carboxylic acids is 1. The van der Waals surface area contributed by atoms with E-state index in [4.69, 9.17) is 17.3 Å². The van der Waals surface area contributed by atoms with Gasteiger partial charge in [0.25, 0.3) is 5.91 Å². The summed E-state index contributed by atoms with van der Waals surface area (Å²) in [6.07, 6.45) is 0.703. The number of hydrogen-bond acceptors (Lipinski definition) is 4. The molecule has 1 aromatic carbocycles. The van der Waals surface area contributed by atoms with E-state index in [0.717, 1.165) is 10.6 Å². The molecule has 4 nitrogen and oxygen atoms in total. The van der Waals surface area contributed by atoms with Crippen molar-refractivity contribution in [3.63, 3.8) is 0 Å². The Kier molecular flexibility index (Phi) is 5.56. The van der Waals surface area contributed by atoms with Gasteiger partial charge in [-0.25, -0.2) is 4.98 Å². The maximum atomic E-state index is 12.2. The van der Waals surface area contributed by atoms with E-state index in [9.17, 15) is 4.79 Å². The van der Waals surface area contributed by atoms with Gasteiger partial charge in [0.15, 0.2) is 0 Å². The Labute approximate surface area is 139 Å². The number of rotatable bonds is 6. The zero-order valence-corrected chi connectivity index (χ0v) is 14.3. The molecule has 0 radical (unpaired) electrons. The second kappa shape index (κ2) is 7.22. The van der Waals surface area contributed by atoms with Gasteiger partial charge in [-0.1, -0.05) is 37.6 Å². The lowest BCUT2D eigenvalue weighted by Crippen LogP contribution is -2.36. The minimum atomic E-state index is -0.184. The summed E-state index contributed by atoms with van der Waals surface area (Å²) in [7, 11) is 0. The van der Waals surface area contributed by atoms with Crippen molar-refractivity contribution in [1.82, 2.24) is 10.3 Å². The van der Waals surface area contributed by atoms with Gasteiger partial charge in [-0.05, 0) is 24.2 Å². The quantitative estimate of drug-likeness (QED) is 0.851. The molecule has 6 heteroatoms. The fraction of sp³-hybridized carbons (Fsp3) is 0.375. The molecule has 0 fully saturated rings. The first kappa shape index (κ1) is 16.9. The van der Waals surface area contributed by atoms with Gasteiger partial charge in [0.1, 0.15) is 5.69 Å². The number of hydrogen-bond donors (Lipinski definition) is 2. The van der Waals surface area contributed by atoms with Crippen LogP contribution < -0.4 is 11.1 Å². The van der Waals surface area contributed by atoms with E-state index in [0.29, 0.717) is 30.2 Å². The van der Waals surface area contributed by atoms with Crippen LogP contribution in [-0.4, -0.2) is 24.0 Å². The molecule has 1 heterocycles. The highest BCUT2D eigenvalue weighted by atomic mass is 35.5. The van der Waals surface area contributed by atoms with E-state index < -0.39 is 0 Å². The summed E-state index contributed by atoms with van der Waals surface area (Å²) >= 11 is 7.38. The van der Waals surface area contributed by atoms with Crippen molar-refractivity contribution in [1.29, 1.82) is 0 Å². The standard InChI is InChI=1S/C16H20ClN3OS/c1-16(2,11-3-5-12(17)6-4-11)10-19-15(21)13-9-22-14(20-13)7-8-18/h3-6,9H,7-8,10,18H2,1-2H3,(H,19,21). The Morgan fingerprint density at radius 1 is 1.36 bits per heavy atom. The summed E-state index contributed by atoms with van der Waals surface area (Å²) in [6, 6.07) is 7.69. The van der Waals surface area contributed by atoms with E-state index in [1.54, 1.807) is 5.38 Å². The third kappa shape index (κ3) is 4.29. The molecular weight excluding hydrogens is 318 g/mol. The first-order chi connectivity index (χ1) is 10.4. The van der Waals surface area contributed by atoms with Crippen molar-refractivity contribution >= 4 is 28.8 Å². The molecule has 118 valence electrons. The number of nitrogens with zero attached hydrogens (tertiary/aromatic N) is 1. The van der Waals surface area contributed by atoms with E-state index in [2.05, 4.69) is 24.1 Å². The van der Waals surface area contributed by atoms with Gasteiger partial charge >= 0.3 is 0 Å². The minimum absolute atomic E-state index is 0.151. The van der Waals surface area contributed by atoms with E-state index >= 15 is 0 Å². The summed E-state index contributed by atoms with van der Waals surface area (Å²) in [5.74, 6) is -0.151. The number of nitrogens with one attached hydrogen (secondary N) is 1.